The highest BCUT2D eigenvalue weighted by molar-refractivity contribution is 5.97. The highest BCUT2D eigenvalue weighted by Gasteiger charge is 2.13. The fourth-order valence-electron chi connectivity index (χ4n) is 3.04. The molecule has 29 heavy (non-hydrogen) atoms. The Balaban J connectivity index is 1.60. The van der Waals surface area contributed by atoms with Crippen molar-refractivity contribution in [2.24, 2.45) is 0 Å². The van der Waals surface area contributed by atoms with Crippen LogP contribution in [0.25, 0.3) is 0 Å². The van der Waals surface area contributed by atoms with Gasteiger partial charge in [0.15, 0.2) is 0 Å². The number of hydrogen-bond acceptors (Lipinski definition) is 3. The monoisotopic (exact) mass is 388 g/mol. The molecule has 0 aliphatic carbocycles. The van der Waals surface area contributed by atoms with E-state index in [1.54, 1.807) is 43.3 Å². The number of nitrogens with zero attached hydrogens (tertiary/aromatic N) is 1. The average molecular weight is 388 g/mol. The molecule has 0 unspecified atom stereocenters. The molecule has 0 bridgehead atoms. The molecular weight excluding hydrogens is 364 g/mol. The van der Waals surface area contributed by atoms with E-state index in [0.29, 0.717) is 24.2 Å². The van der Waals surface area contributed by atoms with E-state index in [0.717, 1.165) is 16.9 Å². The molecule has 0 spiro atoms. The molecule has 0 heterocycles. The fourth-order valence-corrected chi connectivity index (χ4v) is 3.04. The van der Waals surface area contributed by atoms with E-state index in [1.165, 1.54) is 0 Å². The van der Waals surface area contributed by atoms with Crippen molar-refractivity contribution < 1.29 is 14.3 Å². The Hall–Kier alpha value is -3.60. The molecule has 3 rings (SSSR count). The summed E-state index contributed by atoms with van der Waals surface area (Å²) < 4.78 is 5.30. The van der Waals surface area contributed by atoms with E-state index < -0.39 is 0 Å². The van der Waals surface area contributed by atoms with E-state index in [1.807, 2.05) is 54.6 Å². The standard InChI is InChI=1S/C24H24N2O3/c1-26(17-18-8-4-3-5-9-18)24(28)20-14-12-19(13-15-20)23(27)25-16-21-10-6-7-11-22(21)29-2/h3-15H,16-17H2,1-2H3,(H,25,27). The van der Waals surface area contributed by atoms with E-state index in [9.17, 15) is 9.59 Å². The Morgan fingerprint density at radius 2 is 1.48 bits per heavy atom. The van der Waals surface area contributed by atoms with Crippen LogP contribution in [-0.2, 0) is 13.1 Å². The van der Waals surface area contributed by atoms with Crippen LogP contribution in [0.4, 0.5) is 0 Å². The maximum atomic E-state index is 12.6. The first-order valence-electron chi connectivity index (χ1n) is 9.38. The van der Waals surface area contributed by atoms with Gasteiger partial charge in [0.05, 0.1) is 7.11 Å². The molecule has 0 aromatic heterocycles. The van der Waals surface area contributed by atoms with Gasteiger partial charge in [-0.15, -0.1) is 0 Å². The lowest BCUT2D eigenvalue weighted by Crippen LogP contribution is -2.26. The third-order valence-corrected chi connectivity index (χ3v) is 4.64. The predicted molar refractivity (Wildman–Crippen MR) is 113 cm³/mol. The lowest BCUT2D eigenvalue weighted by molar-refractivity contribution is 0.0784. The highest BCUT2D eigenvalue weighted by Crippen LogP contribution is 2.17. The van der Waals surface area contributed by atoms with Gasteiger partial charge >= 0.3 is 0 Å². The highest BCUT2D eigenvalue weighted by atomic mass is 16.5. The molecule has 0 fully saturated rings. The number of amides is 2. The Bertz CT molecular complexity index is 969. The van der Waals surface area contributed by atoms with Gasteiger partial charge in [-0.1, -0.05) is 48.5 Å². The summed E-state index contributed by atoms with van der Waals surface area (Å²) in [6.45, 7) is 0.893. The first-order chi connectivity index (χ1) is 14.1. The molecule has 3 aromatic carbocycles. The number of methoxy groups -OCH3 is 1. The minimum atomic E-state index is -0.201. The fraction of sp³-hybridized carbons (Fsp3) is 0.167. The number of rotatable bonds is 7. The molecule has 0 aliphatic rings. The number of ether oxygens (including phenoxy) is 1. The summed E-state index contributed by atoms with van der Waals surface area (Å²) in [5.41, 5.74) is 3.01. The predicted octanol–water partition coefficient (Wildman–Crippen LogP) is 3.90. The lowest BCUT2D eigenvalue weighted by atomic mass is 10.1. The molecule has 2 amide bonds. The molecule has 0 saturated heterocycles. The minimum absolute atomic E-state index is 0.0881. The molecule has 5 nitrogen and oxygen atoms in total. The largest absolute Gasteiger partial charge is 0.496 e. The Kier molecular flexibility index (Phi) is 6.63. The van der Waals surface area contributed by atoms with Crippen molar-refractivity contribution in [3.8, 4) is 5.75 Å². The molecule has 0 aliphatic heterocycles. The molecule has 5 heteroatoms. The smallest absolute Gasteiger partial charge is 0.253 e. The summed E-state index contributed by atoms with van der Waals surface area (Å²) in [6.07, 6.45) is 0. The van der Waals surface area contributed by atoms with Crippen molar-refractivity contribution >= 4 is 11.8 Å². The van der Waals surface area contributed by atoms with Crippen LogP contribution in [0.15, 0.2) is 78.9 Å². The second-order valence-corrected chi connectivity index (χ2v) is 6.72. The van der Waals surface area contributed by atoms with E-state index in [2.05, 4.69) is 5.32 Å². The number of para-hydroxylation sites is 1. The summed E-state index contributed by atoms with van der Waals surface area (Å²) >= 11 is 0. The summed E-state index contributed by atoms with van der Waals surface area (Å²) in [5.74, 6) is 0.442. The number of carbonyl (C=O) groups excluding carboxylic acids is 2. The summed E-state index contributed by atoms with van der Waals surface area (Å²) in [5, 5.41) is 2.88. The zero-order valence-corrected chi connectivity index (χ0v) is 16.6. The first-order valence-corrected chi connectivity index (χ1v) is 9.38. The van der Waals surface area contributed by atoms with Crippen LogP contribution in [0.5, 0.6) is 5.75 Å². The van der Waals surface area contributed by atoms with Gasteiger partial charge in [-0.3, -0.25) is 9.59 Å². The second-order valence-electron chi connectivity index (χ2n) is 6.72. The maximum Gasteiger partial charge on any atom is 0.253 e. The average Bonchev–Trinajstić information content (AvgIpc) is 2.78. The molecule has 0 saturated carbocycles. The third kappa shape index (κ3) is 5.23. The van der Waals surface area contributed by atoms with Crippen LogP contribution in [-0.4, -0.2) is 30.9 Å². The summed E-state index contributed by atoms with van der Waals surface area (Å²) in [7, 11) is 3.37. The Labute approximate surface area is 170 Å². The minimum Gasteiger partial charge on any atom is -0.496 e. The van der Waals surface area contributed by atoms with Gasteiger partial charge in [0.2, 0.25) is 0 Å². The van der Waals surface area contributed by atoms with Crippen molar-refractivity contribution in [3.63, 3.8) is 0 Å². The van der Waals surface area contributed by atoms with Gasteiger partial charge in [0, 0.05) is 36.8 Å². The number of carbonyl (C=O) groups is 2. The Morgan fingerprint density at radius 3 is 2.17 bits per heavy atom. The zero-order chi connectivity index (χ0) is 20.6. The third-order valence-electron chi connectivity index (χ3n) is 4.64. The van der Waals surface area contributed by atoms with Crippen LogP contribution in [0, 0.1) is 0 Å². The topological polar surface area (TPSA) is 58.6 Å². The number of nitrogens with one attached hydrogen (secondary N) is 1. The molecular formula is C24H24N2O3. The van der Waals surface area contributed by atoms with Crippen LogP contribution in [0.2, 0.25) is 0 Å². The zero-order valence-electron chi connectivity index (χ0n) is 16.6. The summed E-state index contributed by atoms with van der Waals surface area (Å²) in [4.78, 5) is 26.7. The van der Waals surface area contributed by atoms with E-state index in [-0.39, 0.29) is 11.8 Å². The van der Waals surface area contributed by atoms with Crippen molar-refractivity contribution in [2.45, 2.75) is 13.1 Å². The molecule has 148 valence electrons. The van der Waals surface area contributed by atoms with Gasteiger partial charge in [0.25, 0.3) is 11.8 Å². The lowest BCUT2D eigenvalue weighted by Gasteiger charge is -2.17. The van der Waals surface area contributed by atoms with Crippen molar-refractivity contribution in [1.29, 1.82) is 0 Å². The van der Waals surface area contributed by atoms with Crippen LogP contribution < -0.4 is 10.1 Å². The van der Waals surface area contributed by atoms with Crippen molar-refractivity contribution in [3.05, 3.63) is 101 Å². The van der Waals surface area contributed by atoms with Gasteiger partial charge < -0.3 is 15.0 Å². The van der Waals surface area contributed by atoms with E-state index in [4.69, 9.17) is 4.74 Å². The molecule has 0 atom stereocenters. The number of hydrogen-bond donors (Lipinski definition) is 1. The Morgan fingerprint density at radius 1 is 0.862 bits per heavy atom. The van der Waals surface area contributed by atoms with Crippen LogP contribution in [0.1, 0.15) is 31.8 Å². The normalized spacial score (nSPS) is 10.3. The van der Waals surface area contributed by atoms with Crippen molar-refractivity contribution in [2.75, 3.05) is 14.2 Å². The number of benzene rings is 3. The van der Waals surface area contributed by atoms with Gasteiger partial charge in [-0.2, -0.15) is 0 Å². The van der Waals surface area contributed by atoms with Gasteiger partial charge in [-0.05, 0) is 35.9 Å². The SMILES string of the molecule is COc1ccccc1CNC(=O)c1ccc(C(=O)N(C)Cc2ccccc2)cc1. The quantitative estimate of drug-likeness (QED) is 0.668. The van der Waals surface area contributed by atoms with E-state index >= 15 is 0 Å². The first kappa shape index (κ1) is 20.1. The summed E-state index contributed by atoms with van der Waals surface area (Å²) in [6, 6.07) is 24.1. The maximum absolute atomic E-state index is 12.6. The van der Waals surface area contributed by atoms with Gasteiger partial charge in [0.1, 0.15) is 5.75 Å². The molecule has 3 aromatic rings. The molecule has 1 N–H and O–H groups in total. The second kappa shape index (κ2) is 9.55. The molecule has 0 radical (unpaired) electrons. The van der Waals surface area contributed by atoms with Crippen LogP contribution in [0.3, 0.4) is 0 Å². The van der Waals surface area contributed by atoms with Crippen LogP contribution >= 0.6 is 0 Å². The van der Waals surface area contributed by atoms with Gasteiger partial charge in [-0.25, -0.2) is 0 Å². The van der Waals surface area contributed by atoms with Crippen molar-refractivity contribution in [1.82, 2.24) is 10.2 Å².